The van der Waals surface area contributed by atoms with Crippen LogP contribution in [0.1, 0.15) is 44.7 Å². The van der Waals surface area contributed by atoms with Crippen molar-refractivity contribution in [3.05, 3.63) is 33.8 Å². The lowest BCUT2D eigenvalue weighted by atomic mass is 10.0. The molecule has 1 fully saturated rings. The van der Waals surface area contributed by atoms with E-state index in [0.717, 1.165) is 24.6 Å². The van der Waals surface area contributed by atoms with E-state index in [1.54, 1.807) is 0 Å². The molecule has 4 heteroatoms. The van der Waals surface area contributed by atoms with Gasteiger partial charge in [-0.2, -0.15) is 0 Å². The van der Waals surface area contributed by atoms with E-state index in [0.29, 0.717) is 16.0 Å². The van der Waals surface area contributed by atoms with Crippen LogP contribution in [0, 0.1) is 5.92 Å². The van der Waals surface area contributed by atoms with Gasteiger partial charge in [0, 0.05) is 25.2 Å². The van der Waals surface area contributed by atoms with Crippen molar-refractivity contribution in [2.45, 2.75) is 45.2 Å². The van der Waals surface area contributed by atoms with Gasteiger partial charge in [-0.3, -0.25) is 0 Å². The summed E-state index contributed by atoms with van der Waals surface area (Å²) in [4.78, 5) is 2.63. The van der Waals surface area contributed by atoms with Crippen LogP contribution in [0.5, 0.6) is 0 Å². The molecule has 1 N–H and O–H groups in total. The number of nitrogens with one attached hydrogen (secondary N) is 1. The van der Waals surface area contributed by atoms with E-state index in [9.17, 15) is 0 Å². The molecular weight excluding hydrogens is 303 g/mol. The van der Waals surface area contributed by atoms with Crippen molar-refractivity contribution in [3.8, 4) is 0 Å². The van der Waals surface area contributed by atoms with Gasteiger partial charge < -0.3 is 10.2 Å². The number of halogens is 2. The van der Waals surface area contributed by atoms with Crippen LogP contribution in [-0.2, 0) is 0 Å². The number of rotatable bonds is 8. The van der Waals surface area contributed by atoms with Gasteiger partial charge in [-0.05, 0) is 43.9 Å². The fraction of sp³-hybridized carbons (Fsp3) is 0.647. The zero-order valence-corrected chi connectivity index (χ0v) is 14.7. The molecule has 0 saturated heterocycles. The van der Waals surface area contributed by atoms with Gasteiger partial charge in [-0.15, -0.1) is 0 Å². The summed E-state index contributed by atoms with van der Waals surface area (Å²) < 4.78 is 0. The van der Waals surface area contributed by atoms with Crippen molar-refractivity contribution >= 4 is 23.2 Å². The molecule has 1 aliphatic rings. The van der Waals surface area contributed by atoms with Gasteiger partial charge in [0.1, 0.15) is 0 Å². The Labute approximate surface area is 138 Å². The second-order valence-electron chi connectivity index (χ2n) is 6.39. The van der Waals surface area contributed by atoms with Crippen LogP contribution in [0.15, 0.2) is 18.2 Å². The Balaban J connectivity index is 1.99. The first kappa shape index (κ1) is 17.1. The molecular formula is C17H26Cl2N2. The van der Waals surface area contributed by atoms with E-state index in [1.165, 1.54) is 19.4 Å². The van der Waals surface area contributed by atoms with Crippen LogP contribution in [0.25, 0.3) is 0 Å². The molecule has 1 saturated carbocycles. The van der Waals surface area contributed by atoms with Crippen molar-refractivity contribution in [1.29, 1.82) is 0 Å². The standard InChI is InChI=1S/C17H26Cl2N2/c1-12(2)11-21(13-7-8-13)10-9-16(20-3)14-5-4-6-15(18)17(14)19/h4-6,12-13,16,20H,7-11H2,1-3H3. The molecule has 21 heavy (non-hydrogen) atoms. The molecule has 2 rings (SSSR count). The summed E-state index contributed by atoms with van der Waals surface area (Å²) >= 11 is 12.5. The normalized spacial score (nSPS) is 16.7. The number of benzene rings is 1. The number of hydrogen-bond acceptors (Lipinski definition) is 2. The molecule has 118 valence electrons. The van der Waals surface area contributed by atoms with Crippen LogP contribution in [0.2, 0.25) is 10.0 Å². The summed E-state index contributed by atoms with van der Waals surface area (Å²) in [5.74, 6) is 0.716. The first-order valence-electron chi connectivity index (χ1n) is 7.88. The summed E-state index contributed by atoms with van der Waals surface area (Å²) in [7, 11) is 1.99. The predicted octanol–water partition coefficient (Wildman–Crippen LogP) is 4.76. The monoisotopic (exact) mass is 328 g/mol. The van der Waals surface area contributed by atoms with Gasteiger partial charge in [0.05, 0.1) is 10.0 Å². The highest BCUT2D eigenvalue weighted by Crippen LogP contribution is 2.33. The summed E-state index contributed by atoms with van der Waals surface area (Å²) in [6.45, 7) is 6.87. The van der Waals surface area contributed by atoms with E-state index in [-0.39, 0.29) is 6.04 Å². The first-order chi connectivity index (χ1) is 10.0. The minimum absolute atomic E-state index is 0.254. The molecule has 2 nitrogen and oxygen atoms in total. The van der Waals surface area contributed by atoms with E-state index >= 15 is 0 Å². The van der Waals surface area contributed by atoms with Crippen molar-refractivity contribution < 1.29 is 0 Å². The topological polar surface area (TPSA) is 15.3 Å². The summed E-state index contributed by atoms with van der Waals surface area (Å²) in [5, 5.41) is 4.70. The Kier molecular flexibility index (Phi) is 6.36. The van der Waals surface area contributed by atoms with Crippen LogP contribution in [-0.4, -0.2) is 31.1 Å². The maximum Gasteiger partial charge on any atom is 0.0640 e. The highest BCUT2D eigenvalue weighted by atomic mass is 35.5. The van der Waals surface area contributed by atoms with Gasteiger partial charge in [-0.25, -0.2) is 0 Å². The maximum absolute atomic E-state index is 6.36. The lowest BCUT2D eigenvalue weighted by molar-refractivity contribution is 0.223. The zero-order chi connectivity index (χ0) is 15.4. The highest BCUT2D eigenvalue weighted by molar-refractivity contribution is 6.42. The van der Waals surface area contributed by atoms with E-state index in [2.05, 4.69) is 30.1 Å². The third kappa shape index (κ3) is 4.85. The lowest BCUT2D eigenvalue weighted by Crippen LogP contribution is -2.33. The molecule has 0 heterocycles. The molecule has 1 aromatic carbocycles. The molecule has 0 aliphatic heterocycles. The predicted molar refractivity (Wildman–Crippen MR) is 92.3 cm³/mol. The maximum atomic E-state index is 6.36. The minimum Gasteiger partial charge on any atom is -0.313 e. The average molecular weight is 329 g/mol. The van der Waals surface area contributed by atoms with Gasteiger partial charge in [0.25, 0.3) is 0 Å². The fourth-order valence-corrected chi connectivity index (χ4v) is 3.31. The molecule has 0 amide bonds. The fourth-order valence-electron chi connectivity index (χ4n) is 2.87. The van der Waals surface area contributed by atoms with Crippen molar-refractivity contribution in [2.75, 3.05) is 20.1 Å². The second-order valence-corrected chi connectivity index (χ2v) is 7.18. The van der Waals surface area contributed by atoms with Crippen molar-refractivity contribution in [1.82, 2.24) is 10.2 Å². The molecule has 0 bridgehead atoms. The van der Waals surface area contributed by atoms with Crippen LogP contribution in [0.3, 0.4) is 0 Å². The van der Waals surface area contributed by atoms with E-state index in [1.807, 2.05) is 19.2 Å². The van der Waals surface area contributed by atoms with Crippen LogP contribution in [0.4, 0.5) is 0 Å². The number of hydrogen-bond donors (Lipinski definition) is 1. The minimum atomic E-state index is 0.254. The average Bonchev–Trinajstić information content (AvgIpc) is 3.26. The smallest absolute Gasteiger partial charge is 0.0640 e. The largest absolute Gasteiger partial charge is 0.313 e. The second kappa shape index (κ2) is 7.82. The van der Waals surface area contributed by atoms with E-state index < -0.39 is 0 Å². The first-order valence-corrected chi connectivity index (χ1v) is 8.63. The Hall–Kier alpha value is -0.280. The molecule has 1 aliphatic carbocycles. The quantitative estimate of drug-likeness (QED) is 0.739. The Bertz CT molecular complexity index is 458. The van der Waals surface area contributed by atoms with Crippen molar-refractivity contribution in [3.63, 3.8) is 0 Å². The van der Waals surface area contributed by atoms with Crippen LogP contribution >= 0.6 is 23.2 Å². The Morgan fingerprint density at radius 2 is 2.00 bits per heavy atom. The lowest BCUT2D eigenvalue weighted by Gasteiger charge is -2.27. The van der Waals surface area contributed by atoms with Gasteiger partial charge in [-0.1, -0.05) is 49.2 Å². The van der Waals surface area contributed by atoms with Crippen molar-refractivity contribution in [2.24, 2.45) is 5.92 Å². The molecule has 1 aromatic rings. The zero-order valence-electron chi connectivity index (χ0n) is 13.2. The third-order valence-electron chi connectivity index (χ3n) is 4.07. The Morgan fingerprint density at radius 3 is 2.57 bits per heavy atom. The summed E-state index contributed by atoms with van der Waals surface area (Å²) in [5.41, 5.74) is 1.10. The van der Waals surface area contributed by atoms with Crippen LogP contribution < -0.4 is 5.32 Å². The summed E-state index contributed by atoms with van der Waals surface area (Å²) in [6.07, 6.45) is 3.77. The Morgan fingerprint density at radius 1 is 1.29 bits per heavy atom. The third-order valence-corrected chi connectivity index (χ3v) is 4.91. The SMILES string of the molecule is CNC(CCN(CC(C)C)C1CC1)c1cccc(Cl)c1Cl. The molecule has 1 unspecified atom stereocenters. The summed E-state index contributed by atoms with van der Waals surface area (Å²) in [6, 6.07) is 6.94. The van der Waals surface area contributed by atoms with Gasteiger partial charge in [0.2, 0.25) is 0 Å². The molecule has 0 radical (unpaired) electrons. The number of nitrogens with zero attached hydrogens (tertiary/aromatic N) is 1. The molecule has 1 atom stereocenters. The van der Waals surface area contributed by atoms with Gasteiger partial charge >= 0.3 is 0 Å². The molecule has 0 aromatic heterocycles. The van der Waals surface area contributed by atoms with E-state index in [4.69, 9.17) is 23.2 Å². The van der Waals surface area contributed by atoms with Gasteiger partial charge in [0.15, 0.2) is 0 Å². The molecule has 0 spiro atoms. The highest BCUT2D eigenvalue weighted by Gasteiger charge is 2.29.